The lowest BCUT2D eigenvalue weighted by atomic mass is 10.2. The van der Waals surface area contributed by atoms with Gasteiger partial charge in [0, 0.05) is 12.1 Å². The van der Waals surface area contributed by atoms with E-state index in [9.17, 15) is 10.1 Å². The van der Waals surface area contributed by atoms with Crippen molar-refractivity contribution in [1.82, 2.24) is 5.43 Å². The second-order valence-electron chi connectivity index (χ2n) is 4.13. The fourth-order valence-corrected chi connectivity index (χ4v) is 1.76. The number of rotatable bonds is 3. The molecule has 1 unspecified atom stereocenters. The summed E-state index contributed by atoms with van der Waals surface area (Å²) in [5.41, 5.74) is 3.54. The SMILES string of the molecule is O=[N+]([O-])c1ccc(/C=N/NC2=NC=NC3=NC=NC32)cc1. The summed E-state index contributed by atoms with van der Waals surface area (Å²) in [7, 11) is 0. The van der Waals surface area contributed by atoms with Crippen molar-refractivity contribution in [3.63, 3.8) is 0 Å². The standard InChI is InChI=1S/C12H9N7O2/c20-19(21)9-3-1-8(2-4-9)5-17-18-12-10-11(14-6-13-10)15-7-16-12/h1-7,10H,(H,13,14,15,16,18)/b17-5+. The van der Waals surface area contributed by atoms with Gasteiger partial charge >= 0.3 is 0 Å². The zero-order valence-electron chi connectivity index (χ0n) is 10.6. The first-order valence-electron chi connectivity index (χ1n) is 5.97. The molecule has 0 bridgehead atoms. The van der Waals surface area contributed by atoms with Gasteiger partial charge in [-0.2, -0.15) is 5.10 Å². The lowest BCUT2D eigenvalue weighted by Crippen LogP contribution is -2.36. The van der Waals surface area contributed by atoms with E-state index in [1.165, 1.54) is 31.0 Å². The molecule has 0 amide bonds. The molecule has 0 radical (unpaired) electrons. The van der Waals surface area contributed by atoms with Gasteiger partial charge in [0.2, 0.25) is 0 Å². The first-order chi connectivity index (χ1) is 10.2. The molecule has 0 saturated heterocycles. The van der Waals surface area contributed by atoms with Crippen molar-refractivity contribution in [3.05, 3.63) is 39.9 Å². The van der Waals surface area contributed by atoms with Crippen molar-refractivity contribution in [2.24, 2.45) is 25.1 Å². The van der Waals surface area contributed by atoms with Crippen LogP contribution < -0.4 is 5.43 Å². The van der Waals surface area contributed by atoms with Crippen LogP contribution in [0.25, 0.3) is 0 Å². The lowest BCUT2D eigenvalue weighted by Gasteiger charge is -2.12. The number of benzene rings is 1. The van der Waals surface area contributed by atoms with Crippen molar-refractivity contribution in [1.29, 1.82) is 0 Å². The Morgan fingerprint density at radius 3 is 2.81 bits per heavy atom. The summed E-state index contributed by atoms with van der Waals surface area (Å²) in [5, 5.41) is 14.6. The van der Waals surface area contributed by atoms with E-state index in [4.69, 9.17) is 0 Å². The minimum absolute atomic E-state index is 0.0362. The molecule has 2 aliphatic heterocycles. The Bertz CT molecular complexity index is 716. The second-order valence-corrected chi connectivity index (χ2v) is 4.13. The van der Waals surface area contributed by atoms with E-state index >= 15 is 0 Å². The molecule has 9 heteroatoms. The van der Waals surface area contributed by atoms with Crippen molar-refractivity contribution in [2.45, 2.75) is 6.04 Å². The summed E-state index contributed by atoms with van der Waals surface area (Å²) in [6.45, 7) is 0. The van der Waals surface area contributed by atoms with Crippen LogP contribution >= 0.6 is 0 Å². The van der Waals surface area contributed by atoms with Crippen molar-refractivity contribution < 1.29 is 4.92 Å². The number of nitrogens with zero attached hydrogens (tertiary/aromatic N) is 6. The van der Waals surface area contributed by atoms with Gasteiger partial charge in [-0.1, -0.05) is 0 Å². The van der Waals surface area contributed by atoms with Gasteiger partial charge in [0.25, 0.3) is 5.69 Å². The number of nitro groups is 1. The highest BCUT2D eigenvalue weighted by atomic mass is 16.6. The largest absolute Gasteiger partial charge is 0.269 e. The predicted molar refractivity (Wildman–Crippen MR) is 79.5 cm³/mol. The van der Waals surface area contributed by atoms with Crippen LogP contribution in [0.5, 0.6) is 0 Å². The summed E-state index contributed by atoms with van der Waals surface area (Å²) >= 11 is 0. The molecule has 0 aromatic heterocycles. The Labute approximate surface area is 118 Å². The van der Waals surface area contributed by atoms with E-state index in [1.807, 2.05) is 0 Å². The number of nitro benzene ring substituents is 1. The lowest BCUT2D eigenvalue weighted by molar-refractivity contribution is -0.384. The van der Waals surface area contributed by atoms with Crippen LogP contribution in [0.2, 0.25) is 0 Å². The normalized spacial score (nSPS) is 19.3. The monoisotopic (exact) mass is 283 g/mol. The van der Waals surface area contributed by atoms with Crippen molar-refractivity contribution >= 4 is 36.3 Å². The molecule has 0 fully saturated rings. The maximum atomic E-state index is 10.5. The molecular weight excluding hydrogens is 274 g/mol. The van der Waals surface area contributed by atoms with Crippen LogP contribution in [0.15, 0.2) is 49.3 Å². The van der Waals surface area contributed by atoms with Crippen molar-refractivity contribution in [2.75, 3.05) is 0 Å². The molecule has 1 N–H and O–H groups in total. The molecule has 0 saturated carbocycles. The van der Waals surface area contributed by atoms with E-state index in [2.05, 4.69) is 30.5 Å². The molecule has 0 spiro atoms. The summed E-state index contributed by atoms with van der Waals surface area (Å²) < 4.78 is 0. The van der Waals surface area contributed by atoms with Crippen LogP contribution in [0.3, 0.4) is 0 Å². The number of hydrazone groups is 1. The number of fused-ring (bicyclic) bond motifs is 1. The third kappa shape index (κ3) is 2.71. The van der Waals surface area contributed by atoms with Gasteiger partial charge in [-0.25, -0.2) is 15.0 Å². The molecule has 1 aromatic rings. The number of aliphatic imine (C=N–C) groups is 4. The van der Waals surface area contributed by atoms with Crippen LogP contribution in [-0.2, 0) is 0 Å². The van der Waals surface area contributed by atoms with Crippen LogP contribution in [0.1, 0.15) is 5.56 Å². The first kappa shape index (κ1) is 12.8. The molecule has 21 heavy (non-hydrogen) atoms. The fraction of sp³-hybridized carbons (Fsp3) is 0.0833. The summed E-state index contributed by atoms with van der Waals surface area (Å²) in [6.07, 6.45) is 4.35. The van der Waals surface area contributed by atoms with E-state index in [0.717, 1.165) is 5.56 Å². The van der Waals surface area contributed by atoms with Crippen LogP contribution in [0, 0.1) is 10.1 Å². The first-order valence-corrected chi connectivity index (χ1v) is 5.97. The minimum atomic E-state index is -0.450. The maximum Gasteiger partial charge on any atom is 0.269 e. The molecule has 3 rings (SSSR count). The number of non-ortho nitro benzene ring substituents is 1. The highest BCUT2D eigenvalue weighted by Gasteiger charge is 2.25. The Kier molecular flexibility index (Phi) is 3.29. The highest BCUT2D eigenvalue weighted by Crippen LogP contribution is 2.11. The van der Waals surface area contributed by atoms with Gasteiger partial charge in [-0.05, 0) is 17.7 Å². The van der Waals surface area contributed by atoms with E-state index in [1.54, 1.807) is 12.1 Å². The second kappa shape index (κ2) is 5.41. The number of nitrogens with one attached hydrogen (secondary N) is 1. The predicted octanol–water partition coefficient (Wildman–Crippen LogP) is 0.768. The van der Waals surface area contributed by atoms with Crippen LogP contribution in [-0.4, -0.2) is 41.5 Å². The Morgan fingerprint density at radius 2 is 2.05 bits per heavy atom. The molecule has 9 nitrogen and oxygen atoms in total. The summed E-state index contributed by atoms with van der Waals surface area (Å²) in [4.78, 5) is 26.2. The van der Waals surface area contributed by atoms with Gasteiger partial charge in [0.05, 0.1) is 11.1 Å². The van der Waals surface area contributed by atoms with E-state index in [-0.39, 0.29) is 11.7 Å². The van der Waals surface area contributed by atoms with Gasteiger partial charge in [0.15, 0.2) is 17.7 Å². The molecular formula is C12H9N7O2. The zero-order valence-corrected chi connectivity index (χ0v) is 10.6. The summed E-state index contributed by atoms with van der Waals surface area (Å²) in [6, 6.07) is 5.70. The quantitative estimate of drug-likeness (QED) is 0.501. The molecule has 2 aliphatic rings. The summed E-state index contributed by atoms with van der Waals surface area (Å²) in [5.74, 6) is 1.09. The average molecular weight is 283 g/mol. The average Bonchev–Trinajstić information content (AvgIpc) is 2.97. The molecule has 1 aromatic carbocycles. The van der Waals surface area contributed by atoms with Gasteiger partial charge in [-0.3, -0.25) is 20.5 Å². The Morgan fingerprint density at radius 1 is 1.24 bits per heavy atom. The topological polar surface area (TPSA) is 117 Å². The molecule has 2 heterocycles. The van der Waals surface area contributed by atoms with Crippen molar-refractivity contribution in [3.8, 4) is 0 Å². The van der Waals surface area contributed by atoms with E-state index < -0.39 is 4.92 Å². The minimum Gasteiger partial charge on any atom is -0.263 e. The van der Waals surface area contributed by atoms with E-state index in [0.29, 0.717) is 11.7 Å². The van der Waals surface area contributed by atoms with Gasteiger partial charge in [-0.15, -0.1) is 0 Å². The number of hydrogen-bond acceptors (Lipinski definition) is 8. The molecule has 1 atom stereocenters. The van der Waals surface area contributed by atoms with Gasteiger partial charge < -0.3 is 0 Å². The Balaban J connectivity index is 1.66. The number of amidine groups is 2. The zero-order chi connectivity index (χ0) is 14.7. The molecule has 104 valence electrons. The maximum absolute atomic E-state index is 10.5. The molecule has 0 aliphatic carbocycles. The Hall–Kier alpha value is -3.23. The van der Waals surface area contributed by atoms with Gasteiger partial charge in [0.1, 0.15) is 12.7 Å². The third-order valence-electron chi connectivity index (χ3n) is 2.79. The fourth-order valence-electron chi connectivity index (χ4n) is 1.76. The smallest absolute Gasteiger partial charge is 0.263 e. The van der Waals surface area contributed by atoms with Crippen LogP contribution in [0.4, 0.5) is 5.69 Å². The highest BCUT2D eigenvalue weighted by molar-refractivity contribution is 6.19. The third-order valence-corrected chi connectivity index (χ3v) is 2.79. The number of hydrogen-bond donors (Lipinski definition) is 1.